The highest BCUT2D eigenvalue weighted by molar-refractivity contribution is 6.29. The average molecular weight is 1090 g/mol. The van der Waals surface area contributed by atoms with Gasteiger partial charge in [0.2, 0.25) is 17.6 Å². The van der Waals surface area contributed by atoms with Crippen LogP contribution in [0.5, 0.6) is 17.6 Å². The second-order valence-corrected chi connectivity index (χ2v) is 21.0. The third kappa shape index (κ3) is 11.9. The molecule has 20 heteroatoms. The first kappa shape index (κ1) is 52.4. The Balaban J connectivity index is 0.000000119. The number of rotatable bonds is 11. The number of anilines is 2. The summed E-state index contributed by atoms with van der Waals surface area (Å²) >= 11 is 6.04. The Bertz CT molecular complexity index is 3410. The first-order chi connectivity index (χ1) is 38.9. The van der Waals surface area contributed by atoms with E-state index in [1.807, 2.05) is 78.4 Å². The largest absolute Gasteiger partial charge is 0.474 e. The molecule has 0 aromatic carbocycles. The molecule has 14 rings (SSSR count). The highest BCUT2D eigenvalue weighted by Crippen LogP contribution is 2.38. The Morgan fingerprint density at radius 2 is 0.899 bits per heavy atom. The topological polar surface area (TPSA) is 187 Å². The van der Waals surface area contributed by atoms with Crippen LogP contribution in [-0.4, -0.2) is 139 Å². The van der Waals surface area contributed by atoms with E-state index >= 15 is 0 Å². The van der Waals surface area contributed by atoms with Crippen molar-refractivity contribution < 1.29 is 28.4 Å². The van der Waals surface area contributed by atoms with E-state index < -0.39 is 0 Å². The van der Waals surface area contributed by atoms with Gasteiger partial charge in [-0.25, -0.2) is 29.9 Å². The summed E-state index contributed by atoms with van der Waals surface area (Å²) in [6.45, 7) is 9.42. The van der Waals surface area contributed by atoms with Gasteiger partial charge in [-0.15, -0.1) is 0 Å². The summed E-state index contributed by atoms with van der Waals surface area (Å²) in [5.74, 6) is 4.03. The molecule has 0 saturated carbocycles. The number of pyridine rings is 6. The molecule has 0 atom stereocenters. The molecular formula is C59H66ClN13O6. The molecule has 5 saturated heterocycles. The third-order valence-electron chi connectivity index (χ3n) is 15.3. The Hall–Kier alpha value is -7.32. The summed E-state index contributed by atoms with van der Waals surface area (Å²) in [5.41, 5.74) is 9.92. The predicted molar refractivity (Wildman–Crippen MR) is 303 cm³/mol. The maximum absolute atomic E-state index is 6.30. The zero-order chi connectivity index (χ0) is 53.5. The molecule has 0 spiro atoms. The fourth-order valence-corrected chi connectivity index (χ4v) is 11.3. The Kier molecular flexibility index (Phi) is 16.2. The van der Waals surface area contributed by atoms with E-state index in [2.05, 4.69) is 56.9 Å². The van der Waals surface area contributed by atoms with Gasteiger partial charge in [-0.05, 0) is 85.8 Å². The minimum Gasteiger partial charge on any atom is -0.474 e. The number of hydrogen-bond donors (Lipinski definition) is 0. The molecule has 14 heterocycles. The van der Waals surface area contributed by atoms with Crippen LogP contribution in [0.1, 0.15) is 80.9 Å². The van der Waals surface area contributed by atoms with Crippen LogP contribution in [0.4, 0.5) is 11.6 Å². The number of halogens is 1. The molecule has 410 valence electrons. The second-order valence-electron chi connectivity index (χ2n) is 20.6. The highest BCUT2D eigenvalue weighted by atomic mass is 35.5. The zero-order valence-electron chi connectivity index (χ0n) is 44.9. The van der Waals surface area contributed by atoms with Gasteiger partial charge in [0.05, 0.1) is 79.3 Å². The molecule has 0 bridgehead atoms. The van der Waals surface area contributed by atoms with Crippen LogP contribution in [0.15, 0.2) is 96.8 Å². The maximum Gasteiger partial charge on any atom is 0.225 e. The normalized spacial score (nSPS) is 18.0. The van der Waals surface area contributed by atoms with Gasteiger partial charge in [0, 0.05) is 133 Å². The average Bonchev–Trinajstić information content (AvgIpc) is 4.43. The summed E-state index contributed by atoms with van der Waals surface area (Å²) in [4.78, 5) is 36.3. The molecule has 6 aliphatic heterocycles. The van der Waals surface area contributed by atoms with Gasteiger partial charge in [0.15, 0.2) is 0 Å². The third-order valence-corrected chi connectivity index (χ3v) is 15.6. The lowest BCUT2D eigenvalue weighted by atomic mass is 10.0. The fourth-order valence-electron chi connectivity index (χ4n) is 11.1. The maximum atomic E-state index is 6.30. The standard InChI is InChI=1S/C21H25N5O2.C21H24N4O2.C17H17ClN4O2/c1-25-17-5-9-23-21(28-16-6-12-27-13-7-16)19(17)20(24-25)15-4-8-22-18(14-15)26-10-2-3-11-26;1-2-10-25(9-1)18-13-15(3-7-22-18)20-19-16(14-24-20)4-8-23-21(19)27-17-5-11-26-12-6-17;1-22-13-3-7-20-17(24-12-4-8-23-9-5-12)15(13)16(21-22)11-2-6-19-14(18)10-11/h4-5,8-9,14,16H,2-3,6-7,10-13H2,1H3;3-4,7-8,13,17H,1-2,5-6,9-12,14H2;2-3,6-7,10,12H,4-5,8-9H2,1H3. The molecule has 5 fully saturated rings. The minimum absolute atomic E-state index is 0.117. The van der Waals surface area contributed by atoms with Crippen molar-refractivity contribution in [3.63, 3.8) is 0 Å². The minimum atomic E-state index is 0.117. The van der Waals surface area contributed by atoms with Crippen molar-refractivity contribution in [2.45, 2.75) is 89.1 Å². The van der Waals surface area contributed by atoms with Gasteiger partial charge in [-0.2, -0.15) is 10.2 Å². The highest BCUT2D eigenvalue weighted by Gasteiger charge is 2.28. The van der Waals surface area contributed by atoms with Crippen LogP contribution in [0, 0.1) is 0 Å². The van der Waals surface area contributed by atoms with Crippen molar-refractivity contribution in [1.82, 2.24) is 49.5 Å². The van der Waals surface area contributed by atoms with Gasteiger partial charge in [0.1, 0.15) is 46.5 Å². The van der Waals surface area contributed by atoms with Crippen molar-refractivity contribution in [1.29, 1.82) is 0 Å². The fraction of sp³-hybridized carbons (Fsp3) is 0.441. The van der Waals surface area contributed by atoms with Gasteiger partial charge < -0.3 is 38.2 Å². The number of aryl methyl sites for hydroxylation is 2. The number of aromatic nitrogens is 10. The van der Waals surface area contributed by atoms with Gasteiger partial charge in [0.25, 0.3) is 0 Å². The summed E-state index contributed by atoms with van der Waals surface area (Å²) < 4.78 is 38.8. The monoisotopic (exact) mass is 1090 g/mol. The van der Waals surface area contributed by atoms with Crippen molar-refractivity contribution in [2.75, 3.05) is 75.6 Å². The van der Waals surface area contributed by atoms with Crippen molar-refractivity contribution >= 4 is 50.8 Å². The molecule has 6 aliphatic rings. The van der Waals surface area contributed by atoms with E-state index in [1.165, 1.54) is 31.2 Å². The number of nitrogens with zero attached hydrogens (tertiary/aromatic N) is 13. The van der Waals surface area contributed by atoms with Crippen LogP contribution in [0.2, 0.25) is 5.15 Å². The van der Waals surface area contributed by atoms with Gasteiger partial charge in [-0.3, -0.25) is 14.4 Å². The van der Waals surface area contributed by atoms with Crippen LogP contribution in [0.25, 0.3) is 44.3 Å². The number of fused-ring (bicyclic) bond motifs is 3. The van der Waals surface area contributed by atoms with Crippen LogP contribution in [0.3, 0.4) is 0 Å². The van der Waals surface area contributed by atoms with Crippen molar-refractivity contribution in [2.24, 2.45) is 19.1 Å². The van der Waals surface area contributed by atoms with Crippen molar-refractivity contribution in [3.05, 3.63) is 114 Å². The molecule has 8 aromatic rings. The molecule has 19 nitrogen and oxygen atoms in total. The van der Waals surface area contributed by atoms with Crippen LogP contribution in [-0.2, 0) is 34.9 Å². The van der Waals surface area contributed by atoms with Crippen LogP contribution < -0.4 is 24.0 Å². The van der Waals surface area contributed by atoms with Gasteiger partial charge >= 0.3 is 0 Å². The number of aliphatic imine (C=N–C) groups is 1. The summed E-state index contributed by atoms with van der Waals surface area (Å²) in [7, 11) is 3.87. The van der Waals surface area contributed by atoms with Crippen LogP contribution >= 0.6 is 11.6 Å². The Labute approximate surface area is 464 Å². The summed E-state index contributed by atoms with van der Waals surface area (Å²) in [6, 6.07) is 18.0. The van der Waals surface area contributed by atoms with E-state index in [0.717, 1.165) is 177 Å². The first-order valence-electron chi connectivity index (χ1n) is 27.8. The second kappa shape index (κ2) is 24.4. The number of ether oxygens (including phenoxy) is 6. The molecular weight excluding hydrogens is 1020 g/mol. The van der Waals surface area contributed by atoms with Gasteiger partial charge in [-0.1, -0.05) is 11.6 Å². The van der Waals surface area contributed by atoms with E-state index in [4.69, 9.17) is 50.1 Å². The molecule has 0 N–H and O–H groups in total. The Morgan fingerprint density at radius 3 is 1.41 bits per heavy atom. The summed E-state index contributed by atoms with van der Waals surface area (Å²) in [5, 5.41) is 11.7. The molecule has 8 aromatic heterocycles. The van der Waals surface area contributed by atoms with E-state index in [0.29, 0.717) is 29.3 Å². The van der Waals surface area contributed by atoms with E-state index in [-0.39, 0.29) is 18.3 Å². The number of hydrogen-bond acceptors (Lipinski definition) is 17. The Morgan fingerprint density at radius 1 is 0.481 bits per heavy atom. The molecule has 79 heavy (non-hydrogen) atoms. The molecule has 0 radical (unpaired) electrons. The molecule has 0 unspecified atom stereocenters. The first-order valence-corrected chi connectivity index (χ1v) is 28.2. The molecule has 0 aliphatic carbocycles. The molecule has 0 amide bonds. The van der Waals surface area contributed by atoms with Crippen molar-refractivity contribution in [3.8, 4) is 40.2 Å². The summed E-state index contributed by atoms with van der Waals surface area (Å²) in [6.07, 6.45) is 21.5. The SMILES string of the molecule is Cn1nc(-c2ccnc(Cl)c2)c2c(OC3CCOCC3)nccc21.Cn1nc(-c2ccnc(N3CCCC3)c2)c2c(OC3CCOCC3)nccc21.c1cc(C2=NCc3ccnc(OC4CCOCC4)c32)cc(N2CCCC2)n1. The zero-order valence-corrected chi connectivity index (χ0v) is 45.6. The smallest absolute Gasteiger partial charge is 0.225 e. The van der Waals surface area contributed by atoms with E-state index in [9.17, 15) is 0 Å². The predicted octanol–water partition coefficient (Wildman–Crippen LogP) is 9.42. The van der Waals surface area contributed by atoms with E-state index in [1.54, 1.807) is 24.7 Å². The lowest BCUT2D eigenvalue weighted by molar-refractivity contribution is 0.0235. The lowest BCUT2D eigenvalue weighted by Gasteiger charge is -2.24. The quantitative estimate of drug-likeness (QED) is 0.111. The lowest BCUT2D eigenvalue weighted by Crippen LogP contribution is -2.27.